The maximum absolute atomic E-state index is 14.0. The summed E-state index contributed by atoms with van der Waals surface area (Å²) in [5.74, 6) is 6.91. The Labute approximate surface area is 226 Å². The first kappa shape index (κ1) is 28.7. The van der Waals surface area contributed by atoms with Crippen molar-refractivity contribution in [2.75, 3.05) is 19.5 Å². The quantitative estimate of drug-likeness (QED) is 0.292. The molecule has 1 aromatic heterocycles. The van der Waals surface area contributed by atoms with Crippen LogP contribution < -0.4 is 11.1 Å². The van der Waals surface area contributed by atoms with Gasteiger partial charge in [0.2, 0.25) is 0 Å². The molecule has 1 amide bonds. The predicted molar refractivity (Wildman–Crippen MR) is 158 cm³/mol. The standard InChI is InChI=1S/C31H39N5O2/c1-7-9-10-25(32)27-28(30(37)35-24-14-12-23(13-15-24)21-38-6)26(16-11-22(3)17-20-33-5)36(29(27)34-8-2)31(4)18-19-31/h8,10,12-15,17,20H,7,9,18-19,21,32H2,1-6H3,(H,35,37)/b22-17+,25-10+,33-20?,34-8-. The number of hydrogen-bond acceptors (Lipinski definition) is 5. The van der Waals surface area contributed by atoms with Gasteiger partial charge in [-0.25, -0.2) is 4.99 Å². The highest BCUT2D eigenvalue weighted by atomic mass is 16.5. The molecule has 1 aromatic carbocycles. The molecule has 0 atom stereocenters. The summed E-state index contributed by atoms with van der Waals surface area (Å²) >= 11 is 0. The molecule has 7 heteroatoms. The van der Waals surface area contributed by atoms with E-state index in [1.807, 2.05) is 50.3 Å². The Bertz CT molecular complexity index is 1330. The van der Waals surface area contributed by atoms with Crippen LogP contribution in [0.25, 0.3) is 5.70 Å². The van der Waals surface area contributed by atoms with E-state index in [-0.39, 0.29) is 11.4 Å². The molecule has 3 rings (SSSR count). The lowest BCUT2D eigenvalue weighted by Gasteiger charge is -2.16. The average molecular weight is 514 g/mol. The van der Waals surface area contributed by atoms with E-state index < -0.39 is 0 Å². The fourth-order valence-corrected chi connectivity index (χ4v) is 4.18. The van der Waals surface area contributed by atoms with Crippen molar-refractivity contribution in [3.63, 3.8) is 0 Å². The van der Waals surface area contributed by atoms with Crippen molar-refractivity contribution in [2.24, 2.45) is 15.7 Å². The Kier molecular flexibility index (Phi) is 9.86. The van der Waals surface area contributed by atoms with Gasteiger partial charge in [-0.15, -0.1) is 0 Å². The smallest absolute Gasteiger partial charge is 0.259 e. The zero-order valence-electron chi connectivity index (χ0n) is 23.4. The molecule has 1 fully saturated rings. The fraction of sp³-hybridized carbons (Fsp3) is 0.387. The van der Waals surface area contributed by atoms with E-state index in [4.69, 9.17) is 15.5 Å². The Morgan fingerprint density at radius 2 is 1.97 bits per heavy atom. The SMILES string of the molecule is C/C=N\c1c(/C(N)=C\CCC)c(C(=O)Nc2ccc(COC)cc2)c(C#C/C(C)=C/C=NC)n1C1(C)CC1. The number of aliphatic imine (C=N–C) groups is 2. The zero-order chi connectivity index (χ0) is 27.7. The molecular formula is C31H39N5O2. The van der Waals surface area contributed by atoms with Gasteiger partial charge in [-0.2, -0.15) is 0 Å². The number of carbonyl (C=O) groups excluding carboxylic acids is 1. The third-order valence-electron chi connectivity index (χ3n) is 6.45. The number of nitrogens with two attached hydrogens (primary N) is 1. The van der Waals surface area contributed by atoms with Gasteiger partial charge in [0.25, 0.3) is 5.91 Å². The van der Waals surface area contributed by atoms with Gasteiger partial charge in [0, 0.05) is 49.1 Å². The van der Waals surface area contributed by atoms with Crippen molar-refractivity contribution < 1.29 is 9.53 Å². The third-order valence-corrected chi connectivity index (χ3v) is 6.45. The van der Waals surface area contributed by atoms with E-state index >= 15 is 0 Å². The van der Waals surface area contributed by atoms with E-state index in [2.05, 4.69) is 40.6 Å². The third kappa shape index (κ3) is 6.70. The minimum absolute atomic E-state index is 0.186. The minimum atomic E-state index is -0.274. The molecule has 0 saturated heterocycles. The van der Waals surface area contributed by atoms with Gasteiger partial charge in [-0.1, -0.05) is 37.5 Å². The Morgan fingerprint density at radius 1 is 1.26 bits per heavy atom. The van der Waals surface area contributed by atoms with E-state index in [1.165, 1.54) is 0 Å². The molecule has 3 N–H and O–H groups in total. The maximum atomic E-state index is 14.0. The van der Waals surface area contributed by atoms with Crippen LogP contribution >= 0.6 is 0 Å². The Morgan fingerprint density at radius 3 is 2.55 bits per heavy atom. The summed E-state index contributed by atoms with van der Waals surface area (Å²) in [6.45, 7) is 8.56. The van der Waals surface area contributed by atoms with Crippen LogP contribution in [-0.2, 0) is 16.9 Å². The summed E-state index contributed by atoms with van der Waals surface area (Å²) in [5.41, 5.74) is 11.2. The largest absolute Gasteiger partial charge is 0.398 e. The number of anilines is 1. The molecule has 0 aliphatic heterocycles. The van der Waals surface area contributed by atoms with Gasteiger partial charge >= 0.3 is 0 Å². The first-order valence-electron chi connectivity index (χ1n) is 13.0. The maximum Gasteiger partial charge on any atom is 0.259 e. The lowest BCUT2D eigenvalue weighted by Crippen LogP contribution is -2.18. The van der Waals surface area contributed by atoms with Crippen molar-refractivity contribution in [1.82, 2.24) is 4.57 Å². The zero-order valence-corrected chi connectivity index (χ0v) is 23.4. The van der Waals surface area contributed by atoms with E-state index in [9.17, 15) is 4.79 Å². The highest BCUT2D eigenvalue weighted by molar-refractivity contribution is 6.10. The number of ether oxygens (including phenoxy) is 1. The van der Waals surface area contributed by atoms with Crippen LogP contribution in [0, 0.1) is 11.8 Å². The van der Waals surface area contributed by atoms with Crippen LogP contribution in [0.1, 0.15) is 80.6 Å². The van der Waals surface area contributed by atoms with Gasteiger partial charge in [0.05, 0.1) is 17.7 Å². The van der Waals surface area contributed by atoms with Crippen molar-refractivity contribution in [3.05, 3.63) is 64.4 Å². The molecule has 2 aromatic rings. The minimum Gasteiger partial charge on any atom is -0.398 e. The van der Waals surface area contributed by atoms with E-state index in [0.717, 1.165) is 36.8 Å². The molecular weight excluding hydrogens is 474 g/mol. The van der Waals surface area contributed by atoms with E-state index in [0.29, 0.717) is 40.6 Å². The number of nitrogens with one attached hydrogen (secondary N) is 1. The molecule has 1 aliphatic rings. The number of unbranched alkanes of at least 4 members (excludes halogenated alkanes) is 1. The second kappa shape index (κ2) is 13.1. The number of carbonyl (C=O) groups is 1. The van der Waals surface area contributed by atoms with Crippen LogP contribution in [0.3, 0.4) is 0 Å². The molecule has 0 spiro atoms. The van der Waals surface area contributed by atoms with Gasteiger partial charge in [-0.05, 0) is 69.7 Å². The summed E-state index contributed by atoms with van der Waals surface area (Å²) in [5, 5.41) is 3.06. The summed E-state index contributed by atoms with van der Waals surface area (Å²) in [7, 11) is 3.37. The topological polar surface area (TPSA) is 94.0 Å². The van der Waals surface area contributed by atoms with Crippen molar-refractivity contribution in [2.45, 2.75) is 65.5 Å². The number of rotatable bonds is 10. The Hall–Kier alpha value is -3.89. The monoisotopic (exact) mass is 513 g/mol. The van der Waals surface area contributed by atoms with Gasteiger partial charge < -0.3 is 20.4 Å². The molecule has 0 unspecified atom stereocenters. The molecule has 38 heavy (non-hydrogen) atoms. The predicted octanol–water partition coefficient (Wildman–Crippen LogP) is 6.22. The number of nitrogens with zero attached hydrogens (tertiary/aromatic N) is 3. The summed E-state index contributed by atoms with van der Waals surface area (Å²) in [4.78, 5) is 22.7. The van der Waals surface area contributed by atoms with Crippen LogP contribution in [0.5, 0.6) is 0 Å². The van der Waals surface area contributed by atoms with Crippen molar-refractivity contribution in [1.29, 1.82) is 0 Å². The van der Waals surface area contributed by atoms with E-state index in [1.54, 1.807) is 26.6 Å². The number of benzene rings is 1. The van der Waals surface area contributed by atoms with Crippen LogP contribution in [0.15, 0.2) is 52.0 Å². The first-order chi connectivity index (χ1) is 18.3. The number of methoxy groups -OCH3 is 1. The lowest BCUT2D eigenvalue weighted by molar-refractivity contribution is 0.102. The number of aromatic nitrogens is 1. The molecule has 1 heterocycles. The average Bonchev–Trinajstić information content (AvgIpc) is 3.55. The van der Waals surface area contributed by atoms with Crippen molar-refractivity contribution >= 4 is 35.5 Å². The highest BCUT2D eigenvalue weighted by Gasteiger charge is 2.44. The molecule has 0 radical (unpaired) electrons. The number of allylic oxidation sites excluding steroid dienone is 3. The summed E-state index contributed by atoms with van der Waals surface area (Å²) in [6.07, 6.45) is 10.9. The highest BCUT2D eigenvalue weighted by Crippen LogP contribution is 2.49. The Balaban J connectivity index is 2.27. The van der Waals surface area contributed by atoms with Gasteiger partial charge in [0.1, 0.15) is 11.5 Å². The number of hydrogen-bond donors (Lipinski definition) is 2. The van der Waals surface area contributed by atoms with Gasteiger partial charge in [0.15, 0.2) is 0 Å². The second-order valence-corrected chi connectivity index (χ2v) is 9.68. The summed E-state index contributed by atoms with van der Waals surface area (Å²) in [6, 6.07) is 7.61. The van der Waals surface area contributed by atoms with Crippen LogP contribution in [0.4, 0.5) is 11.5 Å². The normalized spacial score (nSPS) is 15.1. The van der Waals surface area contributed by atoms with Crippen LogP contribution in [0.2, 0.25) is 0 Å². The molecule has 7 nitrogen and oxygen atoms in total. The molecule has 200 valence electrons. The molecule has 1 saturated carbocycles. The van der Waals surface area contributed by atoms with Gasteiger partial charge in [-0.3, -0.25) is 9.79 Å². The summed E-state index contributed by atoms with van der Waals surface area (Å²) < 4.78 is 7.31. The molecule has 0 bridgehead atoms. The molecule has 1 aliphatic carbocycles. The second-order valence-electron chi connectivity index (χ2n) is 9.68. The fourth-order valence-electron chi connectivity index (χ4n) is 4.18. The first-order valence-corrected chi connectivity index (χ1v) is 13.0. The van der Waals surface area contributed by atoms with Crippen molar-refractivity contribution in [3.8, 4) is 11.8 Å². The lowest BCUT2D eigenvalue weighted by atomic mass is 10.0. The van der Waals surface area contributed by atoms with Crippen LogP contribution in [-0.4, -0.2) is 37.1 Å². The number of amides is 1.